The summed E-state index contributed by atoms with van der Waals surface area (Å²) in [6, 6.07) is 5.26. The van der Waals surface area contributed by atoms with E-state index in [-0.39, 0.29) is 18.1 Å². The van der Waals surface area contributed by atoms with E-state index in [9.17, 15) is 9.90 Å². The van der Waals surface area contributed by atoms with Gasteiger partial charge in [-0.3, -0.25) is 4.79 Å². The molecule has 1 aromatic rings. The van der Waals surface area contributed by atoms with E-state index in [1.165, 1.54) is 0 Å². The molecule has 18 heavy (non-hydrogen) atoms. The van der Waals surface area contributed by atoms with E-state index in [1.54, 1.807) is 31.0 Å². The van der Waals surface area contributed by atoms with Crippen molar-refractivity contribution in [3.05, 3.63) is 29.3 Å². The Morgan fingerprint density at radius 1 is 1.44 bits per heavy atom. The molecule has 1 unspecified atom stereocenters. The van der Waals surface area contributed by atoms with Crippen molar-refractivity contribution in [2.24, 2.45) is 0 Å². The molecule has 4 nitrogen and oxygen atoms in total. The molecule has 0 aromatic heterocycles. The third kappa shape index (κ3) is 4.37. The lowest BCUT2D eigenvalue weighted by Crippen LogP contribution is -2.30. The molecule has 4 heteroatoms. The Kier molecular flexibility index (Phi) is 5.16. The van der Waals surface area contributed by atoms with Gasteiger partial charge in [0.2, 0.25) is 5.91 Å². The maximum absolute atomic E-state index is 11.9. The van der Waals surface area contributed by atoms with Crippen molar-refractivity contribution in [1.82, 2.24) is 4.90 Å². The van der Waals surface area contributed by atoms with Crippen LogP contribution in [0.3, 0.4) is 0 Å². The van der Waals surface area contributed by atoms with Gasteiger partial charge in [0, 0.05) is 13.6 Å². The standard InChI is InChI=1S/C14H21NO3/c1-10-4-5-12(8-13(10)17)9-14(18)15(3)7-6-11(2)16/h4-5,8,11,16-17H,6-7,9H2,1-3H3. The van der Waals surface area contributed by atoms with Crippen LogP contribution in [-0.2, 0) is 11.2 Å². The topological polar surface area (TPSA) is 60.8 Å². The molecule has 0 aliphatic carbocycles. The fraction of sp³-hybridized carbons (Fsp3) is 0.500. The van der Waals surface area contributed by atoms with Crippen LogP contribution >= 0.6 is 0 Å². The third-order valence-corrected chi connectivity index (χ3v) is 2.94. The number of likely N-dealkylation sites (N-methyl/N-ethyl adjacent to an activating group) is 1. The minimum absolute atomic E-state index is 0.0149. The van der Waals surface area contributed by atoms with Gasteiger partial charge < -0.3 is 15.1 Å². The van der Waals surface area contributed by atoms with E-state index < -0.39 is 6.10 Å². The Labute approximate surface area is 108 Å². The van der Waals surface area contributed by atoms with Gasteiger partial charge in [0.05, 0.1) is 12.5 Å². The molecule has 1 amide bonds. The van der Waals surface area contributed by atoms with Gasteiger partial charge in [-0.05, 0) is 37.5 Å². The first-order valence-electron chi connectivity index (χ1n) is 6.10. The van der Waals surface area contributed by atoms with Crippen LogP contribution in [0.5, 0.6) is 5.75 Å². The lowest BCUT2D eigenvalue weighted by Gasteiger charge is -2.18. The predicted octanol–water partition coefficient (Wildman–Crippen LogP) is 1.47. The molecule has 1 atom stereocenters. The molecule has 0 saturated carbocycles. The molecule has 0 radical (unpaired) electrons. The molecular formula is C14H21NO3. The SMILES string of the molecule is Cc1ccc(CC(=O)N(C)CCC(C)O)cc1O. The predicted molar refractivity (Wildman–Crippen MR) is 70.5 cm³/mol. The van der Waals surface area contributed by atoms with Crippen LogP contribution in [0, 0.1) is 6.92 Å². The molecule has 0 saturated heterocycles. The van der Waals surface area contributed by atoms with E-state index in [0.29, 0.717) is 13.0 Å². The average Bonchev–Trinajstić information content (AvgIpc) is 2.30. The Morgan fingerprint density at radius 2 is 2.11 bits per heavy atom. The Balaban J connectivity index is 2.55. The molecule has 1 aromatic carbocycles. The first kappa shape index (κ1) is 14.5. The van der Waals surface area contributed by atoms with Crippen LogP contribution in [0.1, 0.15) is 24.5 Å². The van der Waals surface area contributed by atoms with Crippen LogP contribution in [0.15, 0.2) is 18.2 Å². The summed E-state index contributed by atoms with van der Waals surface area (Å²) in [4.78, 5) is 13.5. The zero-order valence-corrected chi connectivity index (χ0v) is 11.2. The van der Waals surface area contributed by atoms with E-state index in [0.717, 1.165) is 11.1 Å². The van der Waals surface area contributed by atoms with E-state index >= 15 is 0 Å². The number of aryl methyl sites for hydroxylation is 1. The number of carbonyl (C=O) groups is 1. The first-order chi connectivity index (χ1) is 8.40. The van der Waals surface area contributed by atoms with Crippen molar-refractivity contribution in [3.63, 3.8) is 0 Å². The summed E-state index contributed by atoms with van der Waals surface area (Å²) in [5.41, 5.74) is 1.60. The lowest BCUT2D eigenvalue weighted by molar-refractivity contribution is -0.129. The van der Waals surface area contributed by atoms with E-state index in [4.69, 9.17) is 5.11 Å². The molecule has 0 fully saturated rings. The zero-order valence-electron chi connectivity index (χ0n) is 11.2. The van der Waals surface area contributed by atoms with Crippen molar-refractivity contribution in [1.29, 1.82) is 0 Å². The minimum Gasteiger partial charge on any atom is -0.508 e. The van der Waals surface area contributed by atoms with Crippen molar-refractivity contribution in [2.45, 2.75) is 32.8 Å². The normalized spacial score (nSPS) is 12.2. The fourth-order valence-corrected chi connectivity index (χ4v) is 1.58. The van der Waals surface area contributed by atoms with E-state index in [2.05, 4.69) is 0 Å². The quantitative estimate of drug-likeness (QED) is 0.833. The van der Waals surface area contributed by atoms with Crippen molar-refractivity contribution < 1.29 is 15.0 Å². The van der Waals surface area contributed by atoms with Crippen molar-refractivity contribution in [2.75, 3.05) is 13.6 Å². The molecule has 0 aliphatic rings. The number of aromatic hydroxyl groups is 1. The summed E-state index contributed by atoms with van der Waals surface area (Å²) in [6.45, 7) is 4.06. The number of amides is 1. The Hall–Kier alpha value is -1.55. The van der Waals surface area contributed by atoms with Gasteiger partial charge in [-0.25, -0.2) is 0 Å². The minimum atomic E-state index is -0.399. The molecular weight excluding hydrogens is 230 g/mol. The van der Waals surface area contributed by atoms with Gasteiger partial charge in [0.25, 0.3) is 0 Å². The van der Waals surface area contributed by atoms with Crippen molar-refractivity contribution in [3.8, 4) is 5.75 Å². The monoisotopic (exact) mass is 251 g/mol. The summed E-state index contributed by atoms with van der Waals surface area (Å²) in [5.74, 6) is 0.200. The Morgan fingerprint density at radius 3 is 2.67 bits per heavy atom. The molecule has 0 heterocycles. The molecule has 1 rings (SSSR count). The second-order valence-electron chi connectivity index (χ2n) is 4.75. The maximum atomic E-state index is 11.9. The summed E-state index contributed by atoms with van der Waals surface area (Å²) >= 11 is 0. The molecule has 100 valence electrons. The lowest BCUT2D eigenvalue weighted by atomic mass is 10.1. The molecule has 2 N–H and O–H groups in total. The maximum Gasteiger partial charge on any atom is 0.226 e. The van der Waals surface area contributed by atoms with Gasteiger partial charge in [0.1, 0.15) is 5.75 Å². The highest BCUT2D eigenvalue weighted by Gasteiger charge is 2.11. The third-order valence-electron chi connectivity index (χ3n) is 2.94. The van der Waals surface area contributed by atoms with Gasteiger partial charge in [0.15, 0.2) is 0 Å². The van der Waals surface area contributed by atoms with Crippen LogP contribution in [0.25, 0.3) is 0 Å². The molecule has 0 bridgehead atoms. The summed E-state index contributed by atoms with van der Waals surface area (Å²) < 4.78 is 0. The number of phenols is 1. The van der Waals surface area contributed by atoms with Gasteiger partial charge >= 0.3 is 0 Å². The van der Waals surface area contributed by atoms with Crippen LogP contribution in [0.2, 0.25) is 0 Å². The van der Waals surface area contributed by atoms with Crippen LogP contribution in [-0.4, -0.2) is 40.7 Å². The number of hydrogen-bond donors (Lipinski definition) is 2. The zero-order chi connectivity index (χ0) is 13.7. The number of hydrogen-bond acceptors (Lipinski definition) is 3. The van der Waals surface area contributed by atoms with E-state index in [1.807, 2.05) is 13.0 Å². The summed E-state index contributed by atoms with van der Waals surface area (Å²) in [7, 11) is 1.72. The fourth-order valence-electron chi connectivity index (χ4n) is 1.58. The Bertz CT molecular complexity index is 416. The summed E-state index contributed by atoms with van der Waals surface area (Å²) in [6.07, 6.45) is 0.439. The second kappa shape index (κ2) is 6.40. The molecule has 0 spiro atoms. The smallest absolute Gasteiger partial charge is 0.226 e. The molecule has 0 aliphatic heterocycles. The second-order valence-corrected chi connectivity index (χ2v) is 4.75. The number of nitrogens with zero attached hydrogens (tertiary/aromatic N) is 1. The first-order valence-corrected chi connectivity index (χ1v) is 6.10. The van der Waals surface area contributed by atoms with Crippen LogP contribution in [0.4, 0.5) is 0 Å². The van der Waals surface area contributed by atoms with Crippen LogP contribution < -0.4 is 0 Å². The number of aliphatic hydroxyl groups is 1. The average molecular weight is 251 g/mol. The number of rotatable bonds is 5. The number of aliphatic hydroxyl groups excluding tert-OH is 1. The number of carbonyl (C=O) groups excluding carboxylic acids is 1. The largest absolute Gasteiger partial charge is 0.508 e. The highest BCUT2D eigenvalue weighted by molar-refractivity contribution is 5.78. The highest BCUT2D eigenvalue weighted by Crippen LogP contribution is 2.18. The summed E-state index contributed by atoms with van der Waals surface area (Å²) in [5, 5.41) is 18.7. The number of benzene rings is 1. The highest BCUT2D eigenvalue weighted by atomic mass is 16.3. The van der Waals surface area contributed by atoms with Crippen molar-refractivity contribution >= 4 is 5.91 Å². The van der Waals surface area contributed by atoms with Gasteiger partial charge in [-0.15, -0.1) is 0 Å². The van der Waals surface area contributed by atoms with Gasteiger partial charge in [-0.1, -0.05) is 12.1 Å². The van der Waals surface area contributed by atoms with Gasteiger partial charge in [-0.2, -0.15) is 0 Å². The number of phenolic OH excluding ortho intramolecular Hbond substituents is 1.